The molecule has 0 unspecified atom stereocenters. The molecule has 1 amide bonds. The Balaban J connectivity index is 1.24. The molecule has 5 aromatic carbocycles. The zero-order valence-electron chi connectivity index (χ0n) is 18.5. The molecule has 0 aliphatic carbocycles. The predicted molar refractivity (Wildman–Crippen MR) is 136 cm³/mol. The van der Waals surface area contributed by atoms with E-state index in [1.54, 1.807) is 42.5 Å². The highest BCUT2D eigenvalue weighted by Crippen LogP contribution is 2.25. The predicted octanol–water partition coefficient (Wildman–Crippen LogP) is 5.68. The van der Waals surface area contributed by atoms with Gasteiger partial charge < -0.3 is 9.84 Å². The maximum atomic E-state index is 12.7. The van der Waals surface area contributed by atoms with Gasteiger partial charge in [0.05, 0.1) is 17.3 Å². The Morgan fingerprint density at radius 1 is 0.743 bits per heavy atom. The first-order chi connectivity index (χ1) is 17.1. The number of hydrogen-bond acceptors (Lipinski definition) is 5. The molecule has 5 aromatic rings. The number of nitrogens with one attached hydrogen (secondary N) is 1. The maximum absolute atomic E-state index is 12.7. The highest BCUT2D eigenvalue weighted by molar-refractivity contribution is 6.05. The van der Waals surface area contributed by atoms with E-state index in [2.05, 4.69) is 10.5 Å². The number of esters is 1. The van der Waals surface area contributed by atoms with Crippen molar-refractivity contribution in [1.82, 2.24) is 5.43 Å². The summed E-state index contributed by atoms with van der Waals surface area (Å²) < 4.78 is 5.53. The van der Waals surface area contributed by atoms with Gasteiger partial charge in [0.1, 0.15) is 11.5 Å². The zero-order valence-corrected chi connectivity index (χ0v) is 18.5. The summed E-state index contributed by atoms with van der Waals surface area (Å²) in [5.74, 6) is -0.685. The van der Waals surface area contributed by atoms with Gasteiger partial charge in [-0.05, 0) is 69.6 Å². The summed E-state index contributed by atoms with van der Waals surface area (Å²) in [4.78, 5) is 25.1. The third-order valence-electron chi connectivity index (χ3n) is 5.59. The van der Waals surface area contributed by atoms with Crippen LogP contribution in [0, 0.1) is 0 Å². The molecule has 2 N–H and O–H groups in total. The standard InChI is InChI=1S/C29H20N2O4/c32-27-17-22-8-2-1-7-21(22)16-26(27)28(33)31-30-18-19-12-14-23(15-13-19)35-29(34)25-11-5-9-20-6-3-4-10-24(20)25/h1-18,32H,(H,31,33)/b30-18+. The second kappa shape index (κ2) is 9.49. The molecule has 0 radical (unpaired) electrons. The number of benzene rings is 5. The first-order valence-corrected chi connectivity index (χ1v) is 10.9. The van der Waals surface area contributed by atoms with Gasteiger partial charge in [-0.25, -0.2) is 10.2 Å². The molecule has 0 aliphatic heterocycles. The van der Waals surface area contributed by atoms with Crippen molar-refractivity contribution in [3.63, 3.8) is 0 Å². The first kappa shape index (κ1) is 21.9. The van der Waals surface area contributed by atoms with Gasteiger partial charge >= 0.3 is 5.97 Å². The molecule has 6 heteroatoms. The van der Waals surface area contributed by atoms with Crippen molar-refractivity contribution < 1.29 is 19.4 Å². The normalized spacial score (nSPS) is 11.1. The van der Waals surface area contributed by atoms with Gasteiger partial charge in [-0.3, -0.25) is 4.79 Å². The molecule has 0 aromatic heterocycles. The Morgan fingerprint density at radius 3 is 2.17 bits per heavy atom. The molecule has 6 nitrogen and oxygen atoms in total. The Morgan fingerprint density at radius 2 is 1.40 bits per heavy atom. The van der Waals surface area contributed by atoms with E-state index in [1.165, 1.54) is 6.21 Å². The number of fused-ring (bicyclic) bond motifs is 2. The number of carbonyl (C=O) groups excluding carboxylic acids is 2. The van der Waals surface area contributed by atoms with E-state index in [4.69, 9.17) is 4.74 Å². The SMILES string of the molecule is O=C(N/N=C/c1ccc(OC(=O)c2cccc3ccccc23)cc1)c1cc2ccccc2cc1O. The van der Waals surface area contributed by atoms with Crippen LogP contribution in [0.2, 0.25) is 0 Å². The Bertz CT molecular complexity index is 1590. The lowest BCUT2D eigenvalue weighted by molar-refractivity contribution is 0.0736. The quantitative estimate of drug-likeness (QED) is 0.153. The van der Waals surface area contributed by atoms with Crippen LogP contribution in [0.25, 0.3) is 21.5 Å². The lowest BCUT2D eigenvalue weighted by Gasteiger charge is -2.07. The van der Waals surface area contributed by atoms with Gasteiger partial charge in [0, 0.05) is 0 Å². The molecule has 35 heavy (non-hydrogen) atoms. The number of rotatable bonds is 5. The van der Waals surface area contributed by atoms with Gasteiger partial charge in [-0.15, -0.1) is 0 Å². The monoisotopic (exact) mass is 460 g/mol. The molecule has 0 aliphatic rings. The van der Waals surface area contributed by atoms with Crippen LogP contribution in [0.5, 0.6) is 11.5 Å². The van der Waals surface area contributed by atoms with Gasteiger partial charge in [-0.1, -0.05) is 60.7 Å². The van der Waals surface area contributed by atoms with E-state index in [-0.39, 0.29) is 11.3 Å². The molecular formula is C29H20N2O4. The molecule has 5 rings (SSSR count). The van der Waals surface area contributed by atoms with Crippen LogP contribution in [0.15, 0.2) is 108 Å². The van der Waals surface area contributed by atoms with Crippen molar-refractivity contribution >= 4 is 39.6 Å². The number of hydrazone groups is 1. The van der Waals surface area contributed by atoms with E-state index in [0.717, 1.165) is 21.5 Å². The molecule has 0 heterocycles. The fraction of sp³-hybridized carbons (Fsp3) is 0. The molecule has 0 atom stereocenters. The minimum absolute atomic E-state index is 0.117. The van der Waals surface area contributed by atoms with Crippen LogP contribution in [0.3, 0.4) is 0 Å². The van der Waals surface area contributed by atoms with E-state index >= 15 is 0 Å². The zero-order chi connectivity index (χ0) is 24.2. The first-order valence-electron chi connectivity index (χ1n) is 10.9. The average molecular weight is 460 g/mol. The second-order valence-electron chi connectivity index (χ2n) is 7.90. The summed E-state index contributed by atoms with van der Waals surface area (Å²) in [6.07, 6.45) is 1.46. The van der Waals surface area contributed by atoms with Crippen LogP contribution < -0.4 is 10.2 Å². The third kappa shape index (κ3) is 4.72. The van der Waals surface area contributed by atoms with E-state index in [9.17, 15) is 14.7 Å². The van der Waals surface area contributed by atoms with Crippen molar-refractivity contribution in [2.24, 2.45) is 5.10 Å². The van der Waals surface area contributed by atoms with Crippen molar-refractivity contribution in [1.29, 1.82) is 0 Å². The van der Waals surface area contributed by atoms with Crippen LogP contribution in [-0.4, -0.2) is 23.2 Å². The summed E-state index contributed by atoms with van der Waals surface area (Å²) in [5, 5.41) is 17.6. The summed E-state index contributed by atoms with van der Waals surface area (Å²) in [6.45, 7) is 0. The Labute approximate surface area is 201 Å². The van der Waals surface area contributed by atoms with Crippen LogP contribution in [0.1, 0.15) is 26.3 Å². The van der Waals surface area contributed by atoms with E-state index in [1.807, 2.05) is 60.7 Å². The van der Waals surface area contributed by atoms with Crippen LogP contribution >= 0.6 is 0 Å². The Hall–Kier alpha value is -4.97. The topological polar surface area (TPSA) is 88.0 Å². The van der Waals surface area contributed by atoms with Crippen LogP contribution in [-0.2, 0) is 0 Å². The van der Waals surface area contributed by atoms with Gasteiger partial charge in [0.15, 0.2) is 0 Å². The number of carbonyl (C=O) groups is 2. The lowest BCUT2D eigenvalue weighted by Crippen LogP contribution is -2.17. The molecule has 0 saturated heterocycles. The summed E-state index contributed by atoms with van der Waals surface area (Å²) in [6, 6.07) is 30.5. The Kier molecular flexibility index (Phi) is 5.92. The minimum atomic E-state index is -0.523. The minimum Gasteiger partial charge on any atom is -0.507 e. The number of nitrogens with zero attached hydrogens (tertiary/aromatic N) is 1. The second-order valence-corrected chi connectivity index (χ2v) is 7.90. The number of aromatic hydroxyl groups is 1. The number of phenolic OH excluding ortho intramolecular Hbond substituents is 1. The number of amides is 1. The summed E-state index contributed by atoms with van der Waals surface area (Å²) in [7, 11) is 0. The van der Waals surface area contributed by atoms with Gasteiger partial charge in [-0.2, -0.15) is 5.10 Å². The van der Waals surface area contributed by atoms with Crippen molar-refractivity contribution in [3.8, 4) is 11.5 Å². The van der Waals surface area contributed by atoms with Crippen molar-refractivity contribution in [3.05, 3.63) is 120 Å². The van der Waals surface area contributed by atoms with Crippen LogP contribution in [0.4, 0.5) is 0 Å². The van der Waals surface area contributed by atoms with E-state index in [0.29, 0.717) is 16.9 Å². The van der Waals surface area contributed by atoms with Gasteiger partial charge in [0.2, 0.25) is 0 Å². The van der Waals surface area contributed by atoms with Gasteiger partial charge in [0.25, 0.3) is 5.91 Å². The number of ether oxygens (including phenoxy) is 1. The third-order valence-corrected chi connectivity index (χ3v) is 5.59. The highest BCUT2D eigenvalue weighted by Gasteiger charge is 2.13. The summed E-state index contributed by atoms with van der Waals surface area (Å²) in [5.41, 5.74) is 3.75. The molecule has 0 spiro atoms. The number of hydrogen-bond donors (Lipinski definition) is 2. The molecule has 0 saturated carbocycles. The fourth-order valence-electron chi connectivity index (χ4n) is 3.82. The fourth-order valence-corrected chi connectivity index (χ4v) is 3.82. The number of phenols is 1. The molecule has 0 fully saturated rings. The molecule has 170 valence electrons. The van der Waals surface area contributed by atoms with Crippen molar-refractivity contribution in [2.45, 2.75) is 0 Å². The van der Waals surface area contributed by atoms with Crippen molar-refractivity contribution in [2.75, 3.05) is 0 Å². The highest BCUT2D eigenvalue weighted by atomic mass is 16.5. The maximum Gasteiger partial charge on any atom is 0.344 e. The lowest BCUT2D eigenvalue weighted by atomic mass is 10.0. The van der Waals surface area contributed by atoms with E-state index < -0.39 is 11.9 Å². The molecular weight excluding hydrogens is 440 g/mol. The summed E-state index contributed by atoms with van der Waals surface area (Å²) >= 11 is 0. The average Bonchev–Trinajstić information content (AvgIpc) is 2.88. The molecule has 0 bridgehead atoms. The largest absolute Gasteiger partial charge is 0.507 e. The smallest absolute Gasteiger partial charge is 0.344 e.